The van der Waals surface area contributed by atoms with Crippen molar-refractivity contribution in [2.75, 3.05) is 19.0 Å². The number of aliphatic imine (C=N–C) groups is 1. The number of hydrogen-bond donors (Lipinski definition) is 0. The first-order valence-corrected chi connectivity index (χ1v) is 7.62. The SMILES string of the molecule is CN1C(=O)[C]N=C(N(C)C2CCCCC2)c2ccccc21. The van der Waals surface area contributed by atoms with Gasteiger partial charge < -0.3 is 9.80 Å². The molecule has 0 N–H and O–H groups in total. The third kappa shape index (κ3) is 2.67. The van der Waals surface area contributed by atoms with Crippen molar-refractivity contribution >= 4 is 17.4 Å². The smallest absolute Gasteiger partial charge is 0.261 e. The Bertz CT molecular complexity index is 561. The van der Waals surface area contributed by atoms with E-state index in [0.29, 0.717) is 6.04 Å². The van der Waals surface area contributed by atoms with E-state index in [4.69, 9.17) is 0 Å². The molecule has 2 aliphatic rings. The first kappa shape index (κ1) is 14.1. The van der Waals surface area contributed by atoms with Crippen LogP contribution in [0, 0.1) is 6.54 Å². The summed E-state index contributed by atoms with van der Waals surface area (Å²) < 4.78 is 0. The number of nitrogens with zero attached hydrogens (tertiary/aromatic N) is 3. The maximum absolute atomic E-state index is 12.0. The number of likely N-dealkylation sites (N-methyl/N-ethyl adjacent to an activating group) is 1. The van der Waals surface area contributed by atoms with Crippen LogP contribution in [0.2, 0.25) is 0 Å². The summed E-state index contributed by atoms with van der Waals surface area (Å²) in [7, 11) is 3.86. The van der Waals surface area contributed by atoms with E-state index < -0.39 is 0 Å². The molecule has 0 atom stereocenters. The van der Waals surface area contributed by atoms with Gasteiger partial charge in [0.2, 0.25) is 6.54 Å². The molecule has 1 aliphatic carbocycles. The van der Waals surface area contributed by atoms with Gasteiger partial charge in [-0.2, -0.15) is 0 Å². The predicted molar refractivity (Wildman–Crippen MR) is 84.3 cm³/mol. The molecule has 4 heteroatoms. The summed E-state index contributed by atoms with van der Waals surface area (Å²) in [6, 6.07) is 8.44. The largest absolute Gasteiger partial charge is 0.356 e. The number of benzene rings is 1. The van der Waals surface area contributed by atoms with E-state index in [1.54, 1.807) is 11.9 Å². The van der Waals surface area contributed by atoms with E-state index in [2.05, 4.69) is 23.5 Å². The Kier molecular flexibility index (Phi) is 3.95. The first-order chi connectivity index (χ1) is 10.2. The fourth-order valence-corrected chi connectivity index (χ4v) is 3.21. The molecular formula is C17H21N3O. The number of amides is 1. The van der Waals surface area contributed by atoms with Gasteiger partial charge in [-0.3, -0.25) is 4.79 Å². The summed E-state index contributed by atoms with van der Waals surface area (Å²) in [6.45, 7) is 2.64. The minimum atomic E-state index is -0.200. The van der Waals surface area contributed by atoms with Gasteiger partial charge in [0, 0.05) is 25.7 Å². The van der Waals surface area contributed by atoms with Gasteiger partial charge in [-0.15, -0.1) is 0 Å². The number of benzodiazepines with no additional fused rings is 1. The van der Waals surface area contributed by atoms with Crippen LogP contribution in [0.1, 0.15) is 37.7 Å². The first-order valence-electron chi connectivity index (χ1n) is 7.62. The van der Waals surface area contributed by atoms with Gasteiger partial charge in [-0.25, -0.2) is 4.99 Å². The zero-order valence-electron chi connectivity index (χ0n) is 12.7. The lowest BCUT2D eigenvalue weighted by Crippen LogP contribution is -2.39. The Labute approximate surface area is 126 Å². The van der Waals surface area contributed by atoms with Crippen LogP contribution in [0.5, 0.6) is 0 Å². The Morgan fingerprint density at radius 3 is 2.71 bits per heavy atom. The number of hydrogen-bond acceptors (Lipinski definition) is 3. The third-order valence-corrected chi connectivity index (χ3v) is 4.52. The molecule has 0 spiro atoms. The highest BCUT2D eigenvalue weighted by Crippen LogP contribution is 2.28. The van der Waals surface area contributed by atoms with E-state index in [1.807, 2.05) is 24.3 Å². The van der Waals surface area contributed by atoms with E-state index in [9.17, 15) is 4.79 Å². The van der Waals surface area contributed by atoms with Gasteiger partial charge in [0.25, 0.3) is 5.91 Å². The molecule has 0 bridgehead atoms. The highest BCUT2D eigenvalue weighted by Gasteiger charge is 2.27. The molecule has 0 saturated heterocycles. The zero-order chi connectivity index (χ0) is 14.8. The number of carbonyl (C=O) groups is 1. The normalized spacial score (nSPS) is 19.8. The highest BCUT2D eigenvalue weighted by molar-refractivity contribution is 6.12. The topological polar surface area (TPSA) is 35.9 Å². The standard InChI is InChI=1S/C17H21N3O/c1-19(13-8-4-3-5-9-13)17-14-10-6-7-11-15(14)20(2)16(21)12-18-17/h6-7,10-11,13H,3-5,8-9H2,1-2H3. The van der Waals surface area contributed by atoms with Crippen LogP contribution in [-0.2, 0) is 4.79 Å². The van der Waals surface area contributed by atoms with Crippen molar-refractivity contribution in [3.05, 3.63) is 36.4 Å². The molecule has 1 aromatic rings. The van der Waals surface area contributed by atoms with Crippen molar-refractivity contribution in [1.82, 2.24) is 4.90 Å². The van der Waals surface area contributed by atoms with Gasteiger partial charge in [0.05, 0.1) is 5.69 Å². The summed E-state index contributed by atoms with van der Waals surface area (Å²) in [5.74, 6) is 0.657. The van der Waals surface area contributed by atoms with Crippen LogP contribution >= 0.6 is 0 Å². The average Bonchev–Trinajstić information content (AvgIpc) is 2.66. The molecular weight excluding hydrogens is 262 g/mol. The van der Waals surface area contributed by atoms with E-state index in [-0.39, 0.29) is 5.91 Å². The zero-order valence-corrected chi connectivity index (χ0v) is 12.7. The van der Waals surface area contributed by atoms with Gasteiger partial charge in [-0.1, -0.05) is 31.4 Å². The molecule has 1 aromatic carbocycles. The fraction of sp³-hybridized carbons (Fsp3) is 0.471. The molecule has 1 saturated carbocycles. The minimum Gasteiger partial charge on any atom is -0.356 e. The third-order valence-electron chi connectivity index (χ3n) is 4.52. The maximum Gasteiger partial charge on any atom is 0.261 e. The van der Waals surface area contributed by atoms with Crippen molar-refractivity contribution in [3.8, 4) is 0 Å². The van der Waals surface area contributed by atoms with Gasteiger partial charge >= 0.3 is 0 Å². The van der Waals surface area contributed by atoms with Gasteiger partial charge in [0.1, 0.15) is 5.84 Å². The molecule has 0 unspecified atom stereocenters. The van der Waals surface area contributed by atoms with Crippen molar-refractivity contribution in [2.45, 2.75) is 38.1 Å². The average molecular weight is 283 g/mol. The highest BCUT2D eigenvalue weighted by atomic mass is 16.2. The van der Waals surface area contributed by atoms with Crippen molar-refractivity contribution in [1.29, 1.82) is 0 Å². The number of amidine groups is 1. The quantitative estimate of drug-likeness (QED) is 0.794. The fourth-order valence-electron chi connectivity index (χ4n) is 3.21. The summed E-state index contributed by atoms with van der Waals surface area (Å²) >= 11 is 0. The van der Waals surface area contributed by atoms with E-state index >= 15 is 0 Å². The number of fused-ring (bicyclic) bond motifs is 1. The number of carbonyl (C=O) groups excluding carboxylic acids is 1. The molecule has 1 aliphatic heterocycles. The predicted octanol–water partition coefficient (Wildman–Crippen LogP) is 2.71. The molecule has 4 nitrogen and oxygen atoms in total. The molecule has 21 heavy (non-hydrogen) atoms. The molecule has 0 aromatic heterocycles. The summed E-state index contributed by atoms with van der Waals surface area (Å²) in [6.07, 6.45) is 6.27. The monoisotopic (exact) mass is 283 g/mol. The Morgan fingerprint density at radius 2 is 1.95 bits per heavy atom. The van der Waals surface area contributed by atoms with Crippen LogP contribution in [-0.4, -0.2) is 36.8 Å². The van der Waals surface area contributed by atoms with Crippen LogP contribution in [0.3, 0.4) is 0 Å². The maximum atomic E-state index is 12.0. The molecule has 110 valence electrons. The number of anilines is 1. The van der Waals surface area contributed by atoms with Crippen LogP contribution in [0.15, 0.2) is 29.3 Å². The summed E-state index contributed by atoms with van der Waals surface area (Å²) in [5.41, 5.74) is 1.90. The van der Waals surface area contributed by atoms with Crippen molar-refractivity contribution in [3.63, 3.8) is 0 Å². The lowest BCUT2D eigenvalue weighted by molar-refractivity contribution is -0.115. The Morgan fingerprint density at radius 1 is 1.24 bits per heavy atom. The second-order valence-electron chi connectivity index (χ2n) is 5.83. The van der Waals surface area contributed by atoms with Gasteiger partial charge in [-0.05, 0) is 25.0 Å². The second-order valence-corrected chi connectivity index (χ2v) is 5.83. The van der Waals surface area contributed by atoms with Crippen LogP contribution in [0.4, 0.5) is 5.69 Å². The van der Waals surface area contributed by atoms with Gasteiger partial charge in [0.15, 0.2) is 0 Å². The second kappa shape index (κ2) is 5.88. The summed E-state index contributed by atoms with van der Waals surface area (Å²) in [4.78, 5) is 20.2. The minimum absolute atomic E-state index is 0.200. The molecule has 1 fully saturated rings. The molecule has 1 heterocycles. The lowest BCUT2D eigenvalue weighted by Gasteiger charge is -2.34. The van der Waals surface area contributed by atoms with Crippen LogP contribution < -0.4 is 4.90 Å². The molecule has 2 radical (unpaired) electrons. The Hall–Kier alpha value is -1.84. The van der Waals surface area contributed by atoms with Crippen molar-refractivity contribution in [2.24, 2.45) is 4.99 Å². The Balaban J connectivity index is 1.97. The van der Waals surface area contributed by atoms with E-state index in [1.165, 1.54) is 32.1 Å². The lowest BCUT2D eigenvalue weighted by atomic mass is 9.94. The summed E-state index contributed by atoms with van der Waals surface area (Å²) in [5, 5.41) is 0. The van der Waals surface area contributed by atoms with E-state index in [0.717, 1.165) is 17.1 Å². The number of rotatable bonds is 1. The number of para-hydroxylation sites is 1. The molecule has 3 rings (SSSR count). The molecule has 1 amide bonds. The van der Waals surface area contributed by atoms with Crippen LogP contribution in [0.25, 0.3) is 0 Å². The van der Waals surface area contributed by atoms with Crippen molar-refractivity contribution < 1.29 is 4.79 Å².